The highest BCUT2D eigenvalue weighted by Crippen LogP contribution is 2.29. The Bertz CT molecular complexity index is 306. The summed E-state index contributed by atoms with van der Waals surface area (Å²) in [6, 6.07) is 0.327. The molecule has 0 aromatic rings. The Morgan fingerprint density at radius 1 is 1.32 bits per heavy atom. The fraction of sp³-hybridized carbons (Fsp3) is 0.875. The van der Waals surface area contributed by atoms with Crippen molar-refractivity contribution in [3.05, 3.63) is 11.8 Å². The molecule has 0 saturated carbocycles. The second-order valence-corrected chi connectivity index (χ2v) is 6.33. The molecule has 2 aliphatic rings. The number of hydrogen-bond acceptors (Lipinski definition) is 3. The molecular weight excluding hydrogens is 236 g/mol. The number of likely N-dealkylation sites (tertiary alicyclic amines) is 1. The van der Waals surface area contributed by atoms with E-state index in [1.807, 2.05) is 0 Å². The third kappa shape index (κ3) is 3.51. The molecule has 19 heavy (non-hydrogen) atoms. The number of ether oxygens (including phenoxy) is 1. The highest BCUT2D eigenvalue weighted by Gasteiger charge is 2.39. The van der Waals surface area contributed by atoms with E-state index in [0.29, 0.717) is 6.04 Å². The van der Waals surface area contributed by atoms with E-state index >= 15 is 0 Å². The zero-order chi connectivity index (χ0) is 13.7. The number of rotatable bonds is 6. The van der Waals surface area contributed by atoms with Crippen molar-refractivity contribution < 1.29 is 4.74 Å². The number of nitrogens with one attached hydrogen (secondary N) is 1. The molecular formula is C16H30N2O. The highest BCUT2D eigenvalue weighted by atomic mass is 16.5. The van der Waals surface area contributed by atoms with Crippen LogP contribution in [0.2, 0.25) is 0 Å². The summed E-state index contributed by atoms with van der Waals surface area (Å²) in [4.78, 5) is 2.65. The van der Waals surface area contributed by atoms with Crippen molar-refractivity contribution in [2.75, 3.05) is 26.2 Å². The van der Waals surface area contributed by atoms with Gasteiger partial charge in [-0.15, -0.1) is 0 Å². The van der Waals surface area contributed by atoms with Crippen LogP contribution < -0.4 is 5.32 Å². The largest absolute Gasteiger partial charge is 0.496 e. The van der Waals surface area contributed by atoms with Crippen molar-refractivity contribution in [3.63, 3.8) is 0 Å². The summed E-state index contributed by atoms with van der Waals surface area (Å²) < 4.78 is 5.86. The SMILES string of the molecule is CCCNC(C1=CCCO1)C(C)(C)N1CCCCC1. The number of piperidine rings is 1. The van der Waals surface area contributed by atoms with Crippen LogP contribution in [0.4, 0.5) is 0 Å². The lowest BCUT2D eigenvalue weighted by atomic mass is 9.88. The number of nitrogens with zero attached hydrogens (tertiary/aromatic N) is 1. The third-order valence-electron chi connectivity index (χ3n) is 4.49. The van der Waals surface area contributed by atoms with E-state index in [1.165, 1.54) is 44.5 Å². The van der Waals surface area contributed by atoms with Gasteiger partial charge in [-0.1, -0.05) is 13.3 Å². The summed E-state index contributed by atoms with van der Waals surface area (Å²) in [7, 11) is 0. The topological polar surface area (TPSA) is 24.5 Å². The van der Waals surface area contributed by atoms with Crippen LogP contribution in [0.1, 0.15) is 52.9 Å². The zero-order valence-electron chi connectivity index (χ0n) is 12.9. The van der Waals surface area contributed by atoms with E-state index in [-0.39, 0.29) is 5.54 Å². The van der Waals surface area contributed by atoms with Crippen molar-refractivity contribution in [1.82, 2.24) is 10.2 Å². The van der Waals surface area contributed by atoms with E-state index < -0.39 is 0 Å². The molecule has 0 amide bonds. The lowest BCUT2D eigenvalue weighted by Crippen LogP contribution is -2.59. The second-order valence-electron chi connectivity index (χ2n) is 6.33. The van der Waals surface area contributed by atoms with Gasteiger partial charge in [-0.3, -0.25) is 4.90 Å². The van der Waals surface area contributed by atoms with Crippen molar-refractivity contribution in [1.29, 1.82) is 0 Å². The van der Waals surface area contributed by atoms with Gasteiger partial charge in [0.25, 0.3) is 0 Å². The maximum Gasteiger partial charge on any atom is 0.111 e. The Hall–Kier alpha value is -0.540. The fourth-order valence-electron chi connectivity index (χ4n) is 3.28. The minimum absolute atomic E-state index is 0.131. The molecule has 2 rings (SSSR count). The molecule has 1 atom stereocenters. The molecule has 110 valence electrons. The highest BCUT2D eigenvalue weighted by molar-refractivity contribution is 5.15. The monoisotopic (exact) mass is 266 g/mol. The minimum atomic E-state index is 0.131. The van der Waals surface area contributed by atoms with Crippen LogP contribution >= 0.6 is 0 Å². The van der Waals surface area contributed by atoms with Gasteiger partial charge in [0.2, 0.25) is 0 Å². The van der Waals surface area contributed by atoms with E-state index in [9.17, 15) is 0 Å². The summed E-state index contributed by atoms with van der Waals surface area (Å²) in [6.45, 7) is 11.3. The van der Waals surface area contributed by atoms with Crippen molar-refractivity contribution in [2.45, 2.75) is 64.5 Å². The van der Waals surface area contributed by atoms with E-state index in [2.05, 4.69) is 37.1 Å². The summed E-state index contributed by atoms with van der Waals surface area (Å²) in [5.74, 6) is 1.17. The van der Waals surface area contributed by atoms with Gasteiger partial charge in [-0.25, -0.2) is 0 Å². The molecule has 1 N–H and O–H groups in total. The molecule has 1 saturated heterocycles. The average Bonchev–Trinajstić information content (AvgIpc) is 2.94. The smallest absolute Gasteiger partial charge is 0.111 e. The predicted octanol–water partition coefficient (Wildman–Crippen LogP) is 2.92. The summed E-state index contributed by atoms with van der Waals surface area (Å²) in [6.07, 6.45) is 8.57. The lowest BCUT2D eigenvalue weighted by molar-refractivity contribution is 0.0518. The van der Waals surface area contributed by atoms with E-state index in [0.717, 1.165) is 19.6 Å². The quantitative estimate of drug-likeness (QED) is 0.800. The molecule has 1 fully saturated rings. The van der Waals surface area contributed by atoms with Crippen LogP contribution in [-0.2, 0) is 4.74 Å². The van der Waals surface area contributed by atoms with Crippen LogP contribution in [0.5, 0.6) is 0 Å². The second kappa shape index (κ2) is 6.76. The Kier molecular flexibility index (Phi) is 5.28. The Labute approximate surface area is 118 Å². The summed E-state index contributed by atoms with van der Waals surface area (Å²) in [5.41, 5.74) is 0.131. The number of hydrogen-bond donors (Lipinski definition) is 1. The molecule has 0 spiro atoms. The van der Waals surface area contributed by atoms with E-state index in [4.69, 9.17) is 4.74 Å². The van der Waals surface area contributed by atoms with Crippen LogP contribution in [0.25, 0.3) is 0 Å². The van der Waals surface area contributed by atoms with Gasteiger partial charge < -0.3 is 10.1 Å². The molecule has 2 heterocycles. The molecule has 0 bridgehead atoms. The zero-order valence-corrected chi connectivity index (χ0v) is 12.9. The Morgan fingerprint density at radius 3 is 2.63 bits per heavy atom. The van der Waals surface area contributed by atoms with Gasteiger partial charge in [-0.2, -0.15) is 0 Å². The molecule has 1 unspecified atom stereocenters. The van der Waals surface area contributed by atoms with Crippen LogP contribution in [-0.4, -0.2) is 42.7 Å². The van der Waals surface area contributed by atoms with Gasteiger partial charge >= 0.3 is 0 Å². The van der Waals surface area contributed by atoms with Gasteiger partial charge in [0.15, 0.2) is 0 Å². The molecule has 0 radical (unpaired) electrons. The average molecular weight is 266 g/mol. The van der Waals surface area contributed by atoms with Crippen molar-refractivity contribution in [3.8, 4) is 0 Å². The molecule has 0 aromatic carbocycles. The maximum atomic E-state index is 5.86. The van der Waals surface area contributed by atoms with Gasteiger partial charge in [0.1, 0.15) is 5.76 Å². The predicted molar refractivity (Wildman–Crippen MR) is 80.2 cm³/mol. The van der Waals surface area contributed by atoms with Crippen LogP contribution in [0.3, 0.4) is 0 Å². The summed E-state index contributed by atoms with van der Waals surface area (Å²) in [5, 5.41) is 3.71. The first-order chi connectivity index (χ1) is 9.16. The van der Waals surface area contributed by atoms with Gasteiger partial charge in [0.05, 0.1) is 12.6 Å². The van der Waals surface area contributed by atoms with E-state index in [1.54, 1.807) is 0 Å². The third-order valence-corrected chi connectivity index (χ3v) is 4.49. The summed E-state index contributed by atoms with van der Waals surface area (Å²) >= 11 is 0. The Balaban J connectivity index is 2.09. The first kappa shape index (κ1) is 14.9. The van der Waals surface area contributed by atoms with Crippen molar-refractivity contribution in [2.24, 2.45) is 0 Å². The van der Waals surface area contributed by atoms with Gasteiger partial charge in [-0.05, 0) is 58.8 Å². The molecule has 0 aromatic heterocycles. The van der Waals surface area contributed by atoms with Crippen LogP contribution in [0.15, 0.2) is 11.8 Å². The first-order valence-electron chi connectivity index (χ1n) is 7.97. The Morgan fingerprint density at radius 2 is 2.05 bits per heavy atom. The first-order valence-corrected chi connectivity index (χ1v) is 7.97. The molecule has 2 aliphatic heterocycles. The maximum absolute atomic E-state index is 5.86. The lowest BCUT2D eigenvalue weighted by Gasteiger charge is -2.46. The molecule has 0 aliphatic carbocycles. The molecule has 3 nitrogen and oxygen atoms in total. The standard InChI is InChI=1S/C16H30N2O/c1-4-10-17-15(14-9-8-13-19-14)16(2,3)18-11-6-5-7-12-18/h9,15,17H,4-8,10-13H2,1-3H3. The molecule has 3 heteroatoms. The normalized spacial score (nSPS) is 23.0. The van der Waals surface area contributed by atoms with Crippen molar-refractivity contribution >= 4 is 0 Å². The minimum Gasteiger partial charge on any atom is -0.496 e. The van der Waals surface area contributed by atoms with Gasteiger partial charge in [0, 0.05) is 12.0 Å². The van der Waals surface area contributed by atoms with Crippen LogP contribution in [0, 0.1) is 0 Å². The fourth-order valence-corrected chi connectivity index (χ4v) is 3.28.